The summed E-state index contributed by atoms with van der Waals surface area (Å²) < 4.78 is 12.1. The van der Waals surface area contributed by atoms with E-state index >= 15 is 0 Å². The van der Waals surface area contributed by atoms with Crippen molar-refractivity contribution in [1.82, 2.24) is 0 Å². The minimum atomic E-state index is -0.497. The standard InChI is InChI=1S/C14H11Br2NO3/c1-19-14(18)9-3-2-4-12(13(9)17)20-11-6-5-8(15)7-10(11)16/h2-7H,17H2,1H3. The smallest absolute Gasteiger partial charge is 0.340 e. The van der Waals surface area contributed by atoms with E-state index in [1.807, 2.05) is 12.1 Å². The molecule has 2 aromatic rings. The second kappa shape index (κ2) is 6.28. The van der Waals surface area contributed by atoms with E-state index in [1.165, 1.54) is 7.11 Å². The lowest BCUT2D eigenvalue weighted by Gasteiger charge is -2.12. The number of ether oxygens (including phenoxy) is 2. The molecule has 20 heavy (non-hydrogen) atoms. The number of benzene rings is 2. The van der Waals surface area contributed by atoms with Gasteiger partial charge in [-0.1, -0.05) is 22.0 Å². The third-order valence-electron chi connectivity index (χ3n) is 2.59. The Morgan fingerprint density at radius 2 is 1.90 bits per heavy atom. The number of nitrogens with two attached hydrogens (primary N) is 1. The van der Waals surface area contributed by atoms with Gasteiger partial charge in [0, 0.05) is 4.47 Å². The molecule has 2 aromatic carbocycles. The largest absolute Gasteiger partial charge is 0.465 e. The van der Waals surface area contributed by atoms with Gasteiger partial charge in [-0.25, -0.2) is 4.79 Å². The van der Waals surface area contributed by atoms with Crippen LogP contribution >= 0.6 is 31.9 Å². The Balaban J connectivity index is 2.37. The zero-order valence-corrected chi connectivity index (χ0v) is 13.7. The predicted octanol–water partition coefficient (Wildman–Crippen LogP) is 4.37. The summed E-state index contributed by atoms with van der Waals surface area (Å²) in [4.78, 5) is 11.6. The van der Waals surface area contributed by atoms with Gasteiger partial charge in [-0.2, -0.15) is 0 Å². The number of carbonyl (C=O) groups excluding carboxylic acids is 1. The fourth-order valence-corrected chi connectivity index (χ4v) is 2.73. The maximum Gasteiger partial charge on any atom is 0.340 e. The summed E-state index contributed by atoms with van der Waals surface area (Å²) in [5, 5.41) is 0. The van der Waals surface area contributed by atoms with Crippen molar-refractivity contribution in [2.45, 2.75) is 0 Å². The van der Waals surface area contributed by atoms with E-state index < -0.39 is 5.97 Å². The van der Waals surface area contributed by atoms with Gasteiger partial charge in [0.25, 0.3) is 0 Å². The Bertz CT molecular complexity index is 659. The SMILES string of the molecule is COC(=O)c1cccc(Oc2ccc(Br)cc2Br)c1N. The van der Waals surface area contributed by atoms with Crippen molar-refractivity contribution in [3.63, 3.8) is 0 Å². The molecular weight excluding hydrogens is 390 g/mol. The fourth-order valence-electron chi connectivity index (χ4n) is 1.60. The molecule has 0 bridgehead atoms. The van der Waals surface area contributed by atoms with Crippen molar-refractivity contribution in [3.05, 3.63) is 50.9 Å². The Morgan fingerprint density at radius 3 is 2.55 bits per heavy atom. The average Bonchev–Trinajstić information content (AvgIpc) is 2.43. The van der Waals surface area contributed by atoms with Crippen molar-refractivity contribution in [1.29, 1.82) is 0 Å². The van der Waals surface area contributed by atoms with Crippen LogP contribution in [0.5, 0.6) is 11.5 Å². The number of halogens is 2. The van der Waals surface area contributed by atoms with E-state index in [9.17, 15) is 4.79 Å². The number of nitrogen functional groups attached to an aromatic ring is 1. The molecule has 0 amide bonds. The van der Waals surface area contributed by atoms with Crippen LogP contribution in [0.25, 0.3) is 0 Å². The zero-order valence-electron chi connectivity index (χ0n) is 10.5. The lowest BCUT2D eigenvalue weighted by molar-refractivity contribution is 0.0601. The van der Waals surface area contributed by atoms with Gasteiger partial charge in [0.05, 0.1) is 22.8 Å². The van der Waals surface area contributed by atoms with Crippen molar-refractivity contribution in [3.8, 4) is 11.5 Å². The molecule has 4 nitrogen and oxygen atoms in total. The molecule has 0 aromatic heterocycles. The molecule has 6 heteroatoms. The van der Waals surface area contributed by atoms with Crippen LogP contribution in [0.15, 0.2) is 45.3 Å². The molecule has 0 saturated carbocycles. The molecule has 0 unspecified atom stereocenters. The highest BCUT2D eigenvalue weighted by Gasteiger charge is 2.14. The topological polar surface area (TPSA) is 61.5 Å². The van der Waals surface area contributed by atoms with Crippen LogP contribution in [-0.2, 0) is 4.74 Å². The summed E-state index contributed by atoms with van der Waals surface area (Å²) in [5.74, 6) is 0.501. The number of rotatable bonds is 3. The van der Waals surface area contributed by atoms with Gasteiger partial charge in [-0.05, 0) is 46.3 Å². The summed E-state index contributed by atoms with van der Waals surface area (Å²) in [5.41, 5.74) is 6.46. The number of carbonyl (C=O) groups is 1. The van der Waals surface area contributed by atoms with E-state index in [1.54, 1.807) is 24.3 Å². The Morgan fingerprint density at radius 1 is 1.15 bits per heavy atom. The van der Waals surface area contributed by atoms with Crippen molar-refractivity contribution < 1.29 is 14.3 Å². The quantitative estimate of drug-likeness (QED) is 0.613. The fraction of sp³-hybridized carbons (Fsp3) is 0.0714. The lowest BCUT2D eigenvalue weighted by Crippen LogP contribution is -2.06. The molecule has 0 aliphatic heterocycles. The highest BCUT2D eigenvalue weighted by Crippen LogP contribution is 2.35. The monoisotopic (exact) mass is 399 g/mol. The third kappa shape index (κ3) is 3.13. The second-order valence-electron chi connectivity index (χ2n) is 3.89. The molecule has 0 radical (unpaired) electrons. The van der Waals surface area contributed by atoms with Crippen molar-refractivity contribution in [2.24, 2.45) is 0 Å². The van der Waals surface area contributed by atoms with Gasteiger partial charge in [0.15, 0.2) is 5.75 Å². The molecule has 0 fully saturated rings. The molecule has 0 spiro atoms. The number of methoxy groups -OCH3 is 1. The highest BCUT2D eigenvalue weighted by molar-refractivity contribution is 9.11. The minimum Gasteiger partial charge on any atom is -0.465 e. The van der Waals surface area contributed by atoms with Crippen molar-refractivity contribution >= 4 is 43.5 Å². The summed E-state index contributed by atoms with van der Waals surface area (Å²) in [6.07, 6.45) is 0. The number of esters is 1. The lowest BCUT2D eigenvalue weighted by atomic mass is 10.1. The van der Waals surface area contributed by atoms with Crippen LogP contribution in [0, 0.1) is 0 Å². The van der Waals surface area contributed by atoms with Crippen LogP contribution in [-0.4, -0.2) is 13.1 Å². The molecule has 0 heterocycles. The normalized spacial score (nSPS) is 10.2. The van der Waals surface area contributed by atoms with E-state index in [-0.39, 0.29) is 11.3 Å². The van der Waals surface area contributed by atoms with E-state index in [0.29, 0.717) is 11.5 Å². The Labute approximate surface area is 133 Å². The molecule has 0 atom stereocenters. The van der Waals surface area contributed by atoms with Gasteiger partial charge in [0.1, 0.15) is 5.75 Å². The molecular formula is C14H11Br2NO3. The van der Waals surface area contributed by atoms with Gasteiger partial charge in [-0.3, -0.25) is 0 Å². The van der Waals surface area contributed by atoms with E-state index in [0.717, 1.165) is 8.95 Å². The summed E-state index contributed by atoms with van der Waals surface area (Å²) in [7, 11) is 1.31. The van der Waals surface area contributed by atoms with Crippen LogP contribution in [0.4, 0.5) is 5.69 Å². The summed E-state index contributed by atoms with van der Waals surface area (Å²) >= 11 is 6.77. The first-order chi connectivity index (χ1) is 9.52. The molecule has 104 valence electrons. The Hall–Kier alpha value is -1.53. The first-order valence-corrected chi connectivity index (χ1v) is 7.21. The first kappa shape index (κ1) is 14.9. The third-order valence-corrected chi connectivity index (χ3v) is 3.70. The zero-order chi connectivity index (χ0) is 14.7. The van der Waals surface area contributed by atoms with Gasteiger partial charge in [-0.15, -0.1) is 0 Å². The van der Waals surface area contributed by atoms with Crippen LogP contribution in [0.2, 0.25) is 0 Å². The molecule has 2 rings (SSSR count). The second-order valence-corrected chi connectivity index (χ2v) is 5.66. The maximum atomic E-state index is 11.6. The van der Waals surface area contributed by atoms with Gasteiger partial charge < -0.3 is 15.2 Å². The molecule has 0 aliphatic carbocycles. The van der Waals surface area contributed by atoms with Crippen LogP contribution < -0.4 is 10.5 Å². The summed E-state index contributed by atoms with van der Waals surface area (Å²) in [6, 6.07) is 10.5. The number of hydrogen-bond donors (Lipinski definition) is 1. The molecule has 2 N–H and O–H groups in total. The van der Waals surface area contributed by atoms with Crippen molar-refractivity contribution in [2.75, 3.05) is 12.8 Å². The summed E-state index contributed by atoms with van der Waals surface area (Å²) in [6.45, 7) is 0. The van der Waals surface area contributed by atoms with Gasteiger partial charge >= 0.3 is 5.97 Å². The first-order valence-electron chi connectivity index (χ1n) is 5.62. The Kier molecular flexibility index (Phi) is 4.67. The van der Waals surface area contributed by atoms with Crippen LogP contribution in [0.3, 0.4) is 0 Å². The van der Waals surface area contributed by atoms with Crippen LogP contribution in [0.1, 0.15) is 10.4 Å². The molecule has 0 saturated heterocycles. The van der Waals surface area contributed by atoms with E-state index in [2.05, 4.69) is 36.6 Å². The average molecular weight is 401 g/mol. The number of hydrogen-bond acceptors (Lipinski definition) is 4. The minimum absolute atomic E-state index is 0.245. The van der Waals surface area contributed by atoms with E-state index in [4.69, 9.17) is 10.5 Å². The highest BCUT2D eigenvalue weighted by atomic mass is 79.9. The molecule has 0 aliphatic rings. The maximum absolute atomic E-state index is 11.6. The number of para-hydroxylation sites is 1. The van der Waals surface area contributed by atoms with Gasteiger partial charge in [0.2, 0.25) is 0 Å². The number of anilines is 1. The predicted molar refractivity (Wildman–Crippen MR) is 84.1 cm³/mol.